The van der Waals surface area contributed by atoms with E-state index in [-0.39, 0.29) is 5.91 Å². The maximum absolute atomic E-state index is 12.8. The zero-order valence-electron chi connectivity index (χ0n) is 14.3. The number of amides is 1. The Morgan fingerprint density at radius 3 is 2.72 bits per heavy atom. The molecule has 0 bridgehead atoms. The van der Waals surface area contributed by atoms with Crippen LogP contribution in [0, 0.1) is 6.92 Å². The van der Waals surface area contributed by atoms with E-state index in [1.54, 1.807) is 24.3 Å². The van der Waals surface area contributed by atoms with Gasteiger partial charge in [-0.3, -0.25) is 4.79 Å². The summed E-state index contributed by atoms with van der Waals surface area (Å²) in [5.41, 5.74) is 1.90. The minimum absolute atomic E-state index is 0.0577. The number of aromatic nitrogens is 1. The molecule has 0 saturated carbocycles. The van der Waals surface area contributed by atoms with Crippen LogP contribution in [-0.2, 0) is 27.8 Å². The van der Waals surface area contributed by atoms with Crippen LogP contribution in [0.1, 0.15) is 35.9 Å². The number of fused-ring (bicyclic) bond motifs is 1. The lowest BCUT2D eigenvalue weighted by Crippen LogP contribution is -2.35. The first kappa shape index (κ1) is 18.0. The van der Waals surface area contributed by atoms with Crippen molar-refractivity contribution in [3.8, 4) is 0 Å². The highest BCUT2D eigenvalue weighted by Gasteiger charge is 2.30. The van der Waals surface area contributed by atoms with Crippen molar-refractivity contribution in [2.75, 3.05) is 11.9 Å². The van der Waals surface area contributed by atoms with Crippen molar-refractivity contribution in [2.45, 2.75) is 44.6 Å². The maximum atomic E-state index is 12.8. The Hall–Kier alpha value is -1.77. The van der Waals surface area contributed by atoms with Gasteiger partial charge in [0.2, 0.25) is 15.9 Å². The van der Waals surface area contributed by atoms with Gasteiger partial charge < -0.3 is 5.32 Å². The summed E-state index contributed by atoms with van der Waals surface area (Å²) in [6.45, 7) is 4.57. The molecule has 2 aromatic rings. The number of hydrogen-bond acceptors (Lipinski definition) is 5. The van der Waals surface area contributed by atoms with Crippen LogP contribution in [-0.4, -0.2) is 30.2 Å². The zero-order valence-corrected chi connectivity index (χ0v) is 15.9. The predicted octanol–water partition coefficient (Wildman–Crippen LogP) is 2.94. The quantitative estimate of drug-likeness (QED) is 0.866. The molecule has 1 aliphatic rings. The summed E-state index contributed by atoms with van der Waals surface area (Å²) in [5, 5.41) is 3.35. The standard InChI is InChI=1S/C17H21N3O3S2/c1-3-4-16(21)19-17-18-14-9-10-20(11-15(14)24-17)25(22,23)13-7-5-12(2)6-8-13/h5-8H,3-4,9-11H2,1-2H3,(H,18,19,21). The fourth-order valence-electron chi connectivity index (χ4n) is 2.70. The summed E-state index contributed by atoms with van der Waals surface area (Å²) in [6, 6.07) is 6.89. The normalized spacial score (nSPS) is 15.0. The van der Waals surface area contributed by atoms with E-state index in [2.05, 4.69) is 10.3 Å². The zero-order chi connectivity index (χ0) is 18.0. The van der Waals surface area contributed by atoms with Crippen LogP contribution >= 0.6 is 11.3 Å². The highest BCUT2D eigenvalue weighted by Crippen LogP contribution is 2.31. The lowest BCUT2D eigenvalue weighted by atomic mass is 10.2. The Bertz CT molecular complexity index is 873. The molecule has 0 spiro atoms. The van der Waals surface area contributed by atoms with Crippen LogP contribution in [0.15, 0.2) is 29.2 Å². The average Bonchev–Trinajstić information content (AvgIpc) is 2.96. The van der Waals surface area contributed by atoms with Gasteiger partial charge in [-0.25, -0.2) is 13.4 Å². The van der Waals surface area contributed by atoms with Gasteiger partial charge in [0.25, 0.3) is 0 Å². The average molecular weight is 380 g/mol. The van der Waals surface area contributed by atoms with Crippen molar-refractivity contribution < 1.29 is 13.2 Å². The second kappa shape index (κ2) is 7.23. The molecule has 0 saturated heterocycles. The van der Waals surface area contributed by atoms with Crippen molar-refractivity contribution in [3.05, 3.63) is 40.4 Å². The molecular formula is C17H21N3O3S2. The van der Waals surface area contributed by atoms with Crippen molar-refractivity contribution in [3.63, 3.8) is 0 Å². The number of rotatable bonds is 5. The Labute approximate surface area is 151 Å². The summed E-state index contributed by atoms with van der Waals surface area (Å²) >= 11 is 1.36. The molecule has 0 unspecified atom stereocenters. The molecule has 1 N–H and O–H groups in total. The highest BCUT2D eigenvalue weighted by molar-refractivity contribution is 7.89. The number of nitrogens with one attached hydrogen (secondary N) is 1. The van der Waals surface area contributed by atoms with E-state index in [9.17, 15) is 13.2 Å². The number of benzene rings is 1. The SMILES string of the molecule is CCCC(=O)Nc1nc2c(s1)CN(S(=O)(=O)c1ccc(C)cc1)CC2. The number of carbonyl (C=O) groups excluding carboxylic acids is 1. The van der Waals surface area contributed by atoms with Gasteiger partial charge in [-0.1, -0.05) is 24.6 Å². The topological polar surface area (TPSA) is 79.4 Å². The fourth-order valence-corrected chi connectivity index (χ4v) is 5.23. The van der Waals surface area contributed by atoms with Crippen LogP contribution < -0.4 is 5.32 Å². The van der Waals surface area contributed by atoms with Crippen molar-refractivity contribution in [2.24, 2.45) is 0 Å². The molecule has 0 radical (unpaired) electrons. The van der Waals surface area contributed by atoms with Gasteiger partial charge in [0, 0.05) is 24.3 Å². The number of sulfonamides is 1. The lowest BCUT2D eigenvalue weighted by molar-refractivity contribution is -0.116. The fraction of sp³-hybridized carbons (Fsp3) is 0.412. The molecule has 1 aromatic heterocycles. The van der Waals surface area contributed by atoms with E-state index in [0.29, 0.717) is 36.0 Å². The maximum Gasteiger partial charge on any atom is 0.243 e. The first-order valence-corrected chi connectivity index (χ1v) is 10.5. The van der Waals surface area contributed by atoms with Crippen LogP contribution in [0.2, 0.25) is 0 Å². The number of thiazole rings is 1. The predicted molar refractivity (Wildman–Crippen MR) is 98.1 cm³/mol. The summed E-state index contributed by atoms with van der Waals surface area (Å²) < 4.78 is 27.1. The molecule has 6 nitrogen and oxygen atoms in total. The first-order chi connectivity index (χ1) is 11.9. The summed E-state index contributed by atoms with van der Waals surface area (Å²) in [6.07, 6.45) is 1.79. The Morgan fingerprint density at radius 2 is 2.04 bits per heavy atom. The molecule has 0 fully saturated rings. The summed E-state index contributed by atoms with van der Waals surface area (Å²) in [7, 11) is -3.52. The van der Waals surface area contributed by atoms with Crippen LogP contribution in [0.4, 0.5) is 5.13 Å². The van der Waals surface area contributed by atoms with Crippen molar-refractivity contribution in [1.29, 1.82) is 0 Å². The third-order valence-electron chi connectivity index (χ3n) is 4.08. The Kier molecular flexibility index (Phi) is 5.21. The van der Waals surface area contributed by atoms with Crippen LogP contribution in [0.25, 0.3) is 0 Å². The van der Waals surface area contributed by atoms with Gasteiger partial charge in [0.05, 0.1) is 17.1 Å². The Morgan fingerprint density at radius 1 is 1.32 bits per heavy atom. The molecule has 0 atom stereocenters. The van der Waals surface area contributed by atoms with E-state index < -0.39 is 10.0 Å². The van der Waals surface area contributed by atoms with Gasteiger partial charge >= 0.3 is 0 Å². The monoisotopic (exact) mass is 379 g/mol. The molecule has 1 aliphatic heterocycles. The van der Waals surface area contributed by atoms with Crippen molar-refractivity contribution >= 4 is 32.4 Å². The number of carbonyl (C=O) groups is 1. The van der Waals surface area contributed by atoms with E-state index in [0.717, 1.165) is 22.6 Å². The minimum Gasteiger partial charge on any atom is -0.302 e. The number of nitrogens with zero attached hydrogens (tertiary/aromatic N) is 2. The number of aryl methyl sites for hydroxylation is 1. The Balaban J connectivity index is 1.77. The molecule has 0 aliphatic carbocycles. The molecule has 2 heterocycles. The minimum atomic E-state index is -3.52. The highest BCUT2D eigenvalue weighted by atomic mass is 32.2. The summed E-state index contributed by atoms with van der Waals surface area (Å²) in [5.74, 6) is -0.0577. The second-order valence-corrected chi connectivity index (χ2v) is 9.11. The first-order valence-electron chi connectivity index (χ1n) is 8.25. The van der Waals surface area contributed by atoms with E-state index in [4.69, 9.17) is 0 Å². The molecule has 134 valence electrons. The van der Waals surface area contributed by atoms with E-state index in [1.807, 2.05) is 13.8 Å². The van der Waals surface area contributed by atoms with E-state index >= 15 is 0 Å². The third kappa shape index (κ3) is 3.91. The lowest BCUT2D eigenvalue weighted by Gasteiger charge is -2.25. The van der Waals surface area contributed by atoms with Gasteiger partial charge in [0.15, 0.2) is 5.13 Å². The number of hydrogen-bond donors (Lipinski definition) is 1. The second-order valence-electron chi connectivity index (χ2n) is 6.09. The third-order valence-corrected chi connectivity index (χ3v) is 6.94. The van der Waals surface area contributed by atoms with Crippen molar-refractivity contribution in [1.82, 2.24) is 9.29 Å². The van der Waals surface area contributed by atoms with Gasteiger partial charge in [-0.15, -0.1) is 11.3 Å². The van der Waals surface area contributed by atoms with Crippen LogP contribution in [0.3, 0.4) is 0 Å². The van der Waals surface area contributed by atoms with Gasteiger partial charge in [0.1, 0.15) is 0 Å². The van der Waals surface area contributed by atoms with Gasteiger partial charge in [-0.2, -0.15) is 4.31 Å². The molecule has 8 heteroatoms. The molecular weight excluding hydrogens is 358 g/mol. The smallest absolute Gasteiger partial charge is 0.243 e. The molecule has 25 heavy (non-hydrogen) atoms. The molecule has 3 rings (SSSR count). The number of anilines is 1. The molecule has 1 amide bonds. The largest absolute Gasteiger partial charge is 0.302 e. The summed E-state index contributed by atoms with van der Waals surface area (Å²) in [4.78, 5) is 17.4. The van der Waals surface area contributed by atoms with Crippen LogP contribution in [0.5, 0.6) is 0 Å². The molecule has 1 aromatic carbocycles. The van der Waals surface area contributed by atoms with E-state index in [1.165, 1.54) is 15.6 Å². The van der Waals surface area contributed by atoms with Gasteiger partial charge in [-0.05, 0) is 25.5 Å².